The van der Waals surface area contributed by atoms with Crippen LogP contribution >= 0.6 is 0 Å². The number of hydrogen-bond donors (Lipinski definition) is 2. The predicted octanol–water partition coefficient (Wildman–Crippen LogP) is 3.98. The monoisotopic (exact) mass is 561 g/mol. The topological polar surface area (TPSA) is 136 Å². The summed E-state index contributed by atoms with van der Waals surface area (Å²) in [5.41, 5.74) is 4.63. The fraction of sp³-hybridized carbons (Fsp3) is 0.333. The number of para-hydroxylation sites is 1. The van der Waals surface area contributed by atoms with Gasteiger partial charge in [0.2, 0.25) is 5.88 Å². The summed E-state index contributed by atoms with van der Waals surface area (Å²) >= 11 is 0. The SMILES string of the molecule is NCc1cc(O[C@H]2CCCN(C(=O)c3cc(=O)c4ccccc4o3)C2)nc(C(F)(F)F)c1.O=C(O)C(F)(F)F. The van der Waals surface area contributed by atoms with Crippen LogP contribution in [0.15, 0.2) is 51.7 Å². The number of benzene rings is 1. The summed E-state index contributed by atoms with van der Waals surface area (Å²) in [6.07, 6.45) is -9.19. The Morgan fingerprint density at radius 3 is 2.41 bits per heavy atom. The molecule has 0 bridgehead atoms. The smallest absolute Gasteiger partial charge is 0.475 e. The Bertz CT molecular complexity index is 1410. The van der Waals surface area contributed by atoms with E-state index in [4.69, 9.17) is 24.8 Å². The van der Waals surface area contributed by atoms with Crippen molar-refractivity contribution < 1.29 is 50.2 Å². The van der Waals surface area contributed by atoms with Gasteiger partial charge in [0.25, 0.3) is 5.91 Å². The van der Waals surface area contributed by atoms with E-state index in [0.29, 0.717) is 30.4 Å². The van der Waals surface area contributed by atoms with Crippen molar-refractivity contribution in [3.05, 3.63) is 69.7 Å². The van der Waals surface area contributed by atoms with E-state index in [2.05, 4.69) is 4.98 Å². The van der Waals surface area contributed by atoms with Gasteiger partial charge in [0.05, 0.1) is 11.9 Å². The molecule has 1 saturated heterocycles. The lowest BCUT2D eigenvalue weighted by molar-refractivity contribution is -0.192. The summed E-state index contributed by atoms with van der Waals surface area (Å²) in [6.45, 7) is 0.419. The van der Waals surface area contributed by atoms with Crippen LogP contribution in [0.1, 0.15) is 34.7 Å². The molecule has 2 aromatic heterocycles. The molecule has 39 heavy (non-hydrogen) atoms. The first-order valence-corrected chi connectivity index (χ1v) is 11.3. The lowest BCUT2D eigenvalue weighted by Crippen LogP contribution is -2.44. The molecule has 9 nitrogen and oxygen atoms in total. The lowest BCUT2D eigenvalue weighted by atomic mass is 10.1. The minimum atomic E-state index is -5.08. The highest BCUT2D eigenvalue weighted by atomic mass is 19.4. The van der Waals surface area contributed by atoms with Crippen molar-refractivity contribution in [2.24, 2.45) is 5.73 Å². The normalized spacial score (nSPS) is 15.9. The van der Waals surface area contributed by atoms with Gasteiger partial charge in [-0.3, -0.25) is 9.59 Å². The van der Waals surface area contributed by atoms with Crippen molar-refractivity contribution in [1.82, 2.24) is 9.88 Å². The Morgan fingerprint density at radius 1 is 1.13 bits per heavy atom. The van der Waals surface area contributed by atoms with Crippen molar-refractivity contribution in [2.75, 3.05) is 13.1 Å². The van der Waals surface area contributed by atoms with E-state index in [9.17, 15) is 35.9 Å². The van der Waals surface area contributed by atoms with E-state index in [1.54, 1.807) is 24.3 Å². The zero-order valence-electron chi connectivity index (χ0n) is 19.9. The van der Waals surface area contributed by atoms with Gasteiger partial charge in [-0.1, -0.05) is 12.1 Å². The summed E-state index contributed by atoms with van der Waals surface area (Å²) in [4.78, 5) is 39.1. The van der Waals surface area contributed by atoms with Gasteiger partial charge >= 0.3 is 18.3 Å². The fourth-order valence-corrected chi connectivity index (χ4v) is 3.64. The molecule has 0 radical (unpaired) electrons. The highest BCUT2D eigenvalue weighted by molar-refractivity contribution is 5.93. The molecule has 0 aliphatic carbocycles. The molecule has 0 saturated carbocycles. The molecule has 1 aromatic carbocycles. The van der Waals surface area contributed by atoms with Gasteiger partial charge in [-0.05, 0) is 36.6 Å². The maximum Gasteiger partial charge on any atom is 0.490 e. The van der Waals surface area contributed by atoms with Crippen LogP contribution in [0.3, 0.4) is 0 Å². The number of carbonyl (C=O) groups excluding carboxylic acids is 1. The number of hydrogen-bond acceptors (Lipinski definition) is 7. The molecular weight excluding hydrogens is 540 g/mol. The third-order valence-corrected chi connectivity index (χ3v) is 5.43. The van der Waals surface area contributed by atoms with Crippen LogP contribution in [0.4, 0.5) is 26.3 Å². The van der Waals surface area contributed by atoms with Crippen LogP contribution in [0.5, 0.6) is 5.88 Å². The van der Waals surface area contributed by atoms with Gasteiger partial charge in [-0.25, -0.2) is 9.78 Å². The summed E-state index contributed by atoms with van der Waals surface area (Å²) in [6, 6.07) is 10.00. The van der Waals surface area contributed by atoms with Gasteiger partial charge in [0.15, 0.2) is 11.2 Å². The molecule has 3 N–H and O–H groups in total. The number of piperidine rings is 1. The Kier molecular flexibility index (Phi) is 8.84. The first-order chi connectivity index (χ1) is 18.2. The van der Waals surface area contributed by atoms with Gasteiger partial charge < -0.3 is 24.9 Å². The van der Waals surface area contributed by atoms with Crippen LogP contribution < -0.4 is 15.9 Å². The molecule has 210 valence electrons. The first-order valence-electron chi connectivity index (χ1n) is 11.3. The number of aliphatic carboxylic acids is 1. The second-order valence-electron chi connectivity index (χ2n) is 8.31. The number of amides is 1. The van der Waals surface area contributed by atoms with E-state index in [1.165, 1.54) is 11.0 Å². The Balaban J connectivity index is 0.000000532. The number of nitrogens with zero attached hydrogens (tertiary/aromatic N) is 2. The molecule has 1 atom stereocenters. The second-order valence-corrected chi connectivity index (χ2v) is 8.31. The number of carbonyl (C=O) groups is 2. The number of carboxylic acid groups (broad SMARTS) is 1. The molecule has 1 aliphatic rings. The first kappa shape index (κ1) is 29.4. The van der Waals surface area contributed by atoms with E-state index in [-0.39, 0.29) is 35.7 Å². The zero-order chi connectivity index (χ0) is 29.0. The van der Waals surface area contributed by atoms with Gasteiger partial charge in [0.1, 0.15) is 17.4 Å². The van der Waals surface area contributed by atoms with Crippen molar-refractivity contribution in [3.63, 3.8) is 0 Å². The highest BCUT2D eigenvalue weighted by Crippen LogP contribution is 2.30. The molecular formula is C24H21F6N3O6. The minimum Gasteiger partial charge on any atom is -0.475 e. The molecule has 3 aromatic rings. The summed E-state index contributed by atoms with van der Waals surface area (Å²) in [7, 11) is 0. The average Bonchev–Trinajstić information content (AvgIpc) is 2.87. The standard InChI is InChI=1S/C22H20F3N3O4.C2HF3O2/c23-22(24,25)19-8-13(11-26)9-20(27-19)31-14-4-3-7-28(12-14)21(30)18-10-16(29)15-5-1-2-6-17(15)32-18;3-2(4,5)1(6)7/h1-2,5-6,8-10,14H,3-4,7,11-12,26H2;(H,6,7)/t14-;/m0./s1. The number of halogens is 6. The number of alkyl halides is 6. The predicted molar refractivity (Wildman–Crippen MR) is 123 cm³/mol. The van der Waals surface area contributed by atoms with Crippen LogP contribution in [0.25, 0.3) is 11.0 Å². The van der Waals surface area contributed by atoms with Gasteiger partial charge in [-0.15, -0.1) is 0 Å². The highest BCUT2D eigenvalue weighted by Gasteiger charge is 2.38. The number of nitrogens with two attached hydrogens (primary N) is 1. The van der Waals surface area contributed by atoms with Crippen molar-refractivity contribution in [1.29, 1.82) is 0 Å². The average molecular weight is 561 g/mol. The number of carboxylic acids is 1. The van der Waals surface area contributed by atoms with Crippen LogP contribution in [0.2, 0.25) is 0 Å². The quantitative estimate of drug-likeness (QED) is 0.457. The Labute approximate surface area is 215 Å². The Morgan fingerprint density at radius 2 is 1.79 bits per heavy atom. The molecule has 1 fully saturated rings. The van der Waals surface area contributed by atoms with E-state index >= 15 is 0 Å². The summed E-state index contributed by atoms with van der Waals surface area (Å²) < 4.78 is 82.4. The van der Waals surface area contributed by atoms with Crippen molar-refractivity contribution >= 4 is 22.8 Å². The van der Waals surface area contributed by atoms with Crippen LogP contribution in [-0.2, 0) is 17.5 Å². The number of aromatic nitrogens is 1. The molecule has 1 aliphatic heterocycles. The molecule has 0 unspecified atom stereocenters. The van der Waals surface area contributed by atoms with Crippen LogP contribution in [-0.4, -0.2) is 52.2 Å². The zero-order valence-corrected chi connectivity index (χ0v) is 19.9. The number of pyridine rings is 1. The maximum absolute atomic E-state index is 13.1. The molecule has 1 amide bonds. The molecule has 4 rings (SSSR count). The minimum absolute atomic E-state index is 0.0990. The summed E-state index contributed by atoms with van der Waals surface area (Å²) in [5.74, 6) is -3.54. The second kappa shape index (κ2) is 11.7. The third kappa shape index (κ3) is 7.69. The van der Waals surface area contributed by atoms with Gasteiger partial charge in [-0.2, -0.15) is 26.3 Å². The van der Waals surface area contributed by atoms with Gasteiger partial charge in [0, 0.05) is 25.2 Å². The fourth-order valence-electron chi connectivity index (χ4n) is 3.64. The Hall–Kier alpha value is -4.14. The lowest BCUT2D eigenvalue weighted by Gasteiger charge is -2.32. The van der Waals surface area contributed by atoms with E-state index in [0.717, 1.165) is 12.1 Å². The molecule has 0 spiro atoms. The molecule has 15 heteroatoms. The molecule has 3 heterocycles. The number of fused-ring (bicyclic) bond motifs is 1. The maximum atomic E-state index is 13.1. The largest absolute Gasteiger partial charge is 0.490 e. The van der Waals surface area contributed by atoms with Crippen LogP contribution in [0, 0.1) is 0 Å². The number of likely N-dealkylation sites (tertiary alicyclic amines) is 1. The van der Waals surface area contributed by atoms with E-state index < -0.39 is 36.0 Å². The van der Waals surface area contributed by atoms with E-state index in [1.807, 2.05) is 0 Å². The number of ether oxygens (including phenoxy) is 1. The van der Waals surface area contributed by atoms with Crippen molar-refractivity contribution in [2.45, 2.75) is 37.8 Å². The third-order valence-electron chi connectivity index (χ3n) is 5.43. The number of rotatable bonds is 4. The summed E-state index contributed by atoms with van der Waals surface area (Å²) in [5, 5.41) is 7.50. The van der Waals surface area contributed by atoms with Crippen molar-refractivity contribution in [3.8, 4) is 5.88 Å².